The topological polar surface area (TPSA) is 93.1 Å². The van der Waals surface area contributed by atoms with Crippen LogP contribution in [-0.4, -0.2) is 34.4 Å². The van der Waals surface area contributed by atoms with Crippen molar-refractivity contribution in [2.75, 3.05) is 0 Å². The summed E-state index contributed by atoms with van der Waals surface area (Å²) in [7, 11) is 0. The first-order valence-electron chi connectivity index (χ1n) is 9.85. The maximum absolute atomic E-state index is 12.2. The monoisotopic (exact) mass is 408 g/mol. The average molecular weight is 408 g/mol. The first-order chi connectivity index (χ1) is 14.5. The second-order valence-corrected chi connectivity index (χ2v) is 7.08. The van der Waals surface area contributed by atoms with E-state index in [0.717, 1.165) is 24.0 Å². The molecule has 0 bridgehead atoms. The average Bonchev–Trinajstić information content (AvgIpc) is 2.74. The number of hydrogen-bond donors (Lipinski definition) is 2. The highest BCUT2D eigenvalue weighted by Gasteiger charge is 2.30. The number of carbonyl (C=O) groups is 2. The van der Waals surface area contributed by atoms with Crippen LogP contribution in [0.3, 0.4) is 0 Å². The lowest BCUT2D eigenvalue weighted by atomic mass is 9.94. The molecule has 0 aromatic heterocycles. The van der Waals surface area contributed by atoms with Crippen molar-refractivity contribution in [2.24, 2.45) is 0 Å². The Balaban J connectivity index is 1.54. The highest BCUT2D eigenvalue weighted by atomic mass is 16.6. The summed E-state index contributed by atoms with van der Waals surface area (Å²) in [6.45, 7) is 0. The summed E-state index contributed by atoms with van der Waals surface area (Å²) in [5, 5.41) is 18.6. The quantitative estimate of drug-likeness (QED) is 0.549. The van der Waals surface area contributed by atoms with Crippen LogP contribution in [0.25, 0.3) is 12.2 Å². The number of ether oxygens (including phenoxy) is 2. The number of phenolic OH excluding ortho intramolecular Hbond substituents is 2. The van der Waals surface area contributed by atoms with Crippen LogP contribution in [0.15, 0.2) is 60.7 Å². The second-order valence-electron chi connectivity index (χ2n) is 7.08. The van der Waals surface area contributed by atoms with Gasteiger partial charge in [0.15, 0.2) is 0 Å². The van der Waals surface area contributed by atoms with Crippen molar-refractivity contribution in [2.45, 2.75) is 37.9 Å². The predicted molar refractivity (Wildman–Crippen MR) is 113 cm³/mol. The van der Waals surface area contributed by atoms with Crippen molar-refractivity contribution in [1.82, 2.24) is 0 Å². The van der Waals surface area contributed by atoms with Gasteiger partial charge in [-0.05, 0) is 73.2 Å². The van der Waals surface area contributed by atoms with E-state index in [1.165, 1.54) is 36.4 Å². The van der Waals surface area contributed by atoms with Gasteiger partial charge in [-0.25, -0.2) is 9.59 Å². The van der Waals surface area contributed by atoms with Gasteiger partial charge < -0.3 is 19.7 Å². The fraction of sp³-hybridized carbons (Fsp3) is 0.250. The van der Waals surface area contributed by atoms with Crippen LogP contribution in [0.4, 0.5) is 0 Å². The molecule has 0 unspecified atom stereocenters. The van der Waals surface area contributed by atoms with E-state index in [1.54, 1.807) is 36.4 Å². The van der Waals surface area contributed by atoms with Gasteiger partial charge in [0.25, 0.3) is 0 Å². The highest BCUT2D eigenvalue weighted by molar-refractivity contribution is 5.88. The number of carbonyl (C=O) groups excluding carboxylic acids is 2. The van der Waals surface area contributed by atoms with Crippen LogP contribution in [-0.2, 0) is 19.1 Å². The van der Waals surface area contributed by atoms with E-state index in [0.29, 0.717) is 12.8 Å². The van der Waals surface area contributed by atoms with Gasteiger partial charge in [-0.1, -0.05) is 24.3 Å². The molecule has 0 spiro atoms. The van der Waals surface area contributed by atoms with Gasteiger partial charge in [-0.3, -0.25) is 0 Å². The number of esters is 2. The molecule has 30 heavy (non-hydrogen) atoms. The third kappa shape index (κ3) is 6.51. The van der Waals surface area contributed by atoms with Crippen molar-refractivity contribution in [3.63, 3.8) is 0 Å². The lowest BCUT2D eigenvalue weighted by Gasteiger charge is -2.30. The van der Waals surface area contributed by atoms with Crippen LogP contribution < -0.4 is 0 Å². The van der Waals surface area contributed by atoms with E-state index in [1.807, 2.05) is 0 Å². The molecular weight excluding hydrogens is 384 g/mol. The van der Waals surface area contributed by atoms with Crippen molar-refractivity contribution >= 4 is 24.1 Å². The number of rotatable bonds is 6. The standard InChI is InChI=1S/C24H24O6/c25-19-11-5-17(6-12-19)9-15-23(27)29-21-3-1-2-4-22(21)30-24(28)16-10-18-7-13-20(26)14-8-18/h5-16,21-22,25-26H,1-4H2/b15-9+,16-10+/t21-,22-/m0/s1. The zero-order valence-electron chi connectivity index (χ0n) is 16.4. The lowest BCUT2D eigenvalue weighted by Crippen LogP contribution is -2.37. The molecule has 2 aromatic rings. The number of phenols is 2. The molecule has 156 valence electrons. The normalized spacial score (nSPS) is 19.1. The highest BCUT2D eigenvalue weighted by Crippen LogP contribution is 2.25. The first-order valence-corrected chi connectivity index (χ1v) is 9.85. The predicted octanol–water partition coefficient (Wildman–Crippen LogP) is 4.22. The zero-order valence-corrected chi connectivity index (χ0v) is 16.4. The largest absolute Gasteiger partial charge is 0.508 e. The number of aromatic hydroxyl groups is 2. The molecule has 2 atom stereocenters. The molecule has 6 heteroatoms. The van der Waals surface area contributed by atoms with Crippen LogP contribution >= 0.6 is 0 Å². The maximum Gasteiger partial charge on any atom is 0.331 e. The summed E-state index contributed by atoms with van der Waals surface area (Å²) in [6, 6.07) is 12.9. The fourth-order valence-corrected chi connectivity index (χ4v) is 3.21. The molecule has 2 aromatic carbocycles. The van der Waals surface area contributed by atoms with Crippen LogP contribution in [0.2, 0.25) is 0 Å². The molecule has 0 aliphatic heterocycles. The molecule has 1 saturated carbocycles. The van der Waals surface area contributed by atoms with Crippen molar-refractivity contribution in [1.29, 1.82) is 0 Å². The van der Waals surface area contributed by atoms with E-state index < -0.39 is 24.1 Å². The Morgan fingerprint density at radius 3 is 1.43 bits per heavy atom. The zero-order chi connectivity index (χ0) is 21.3. The molecule has 3 rings (SSSR count). The summed E-state index contributed by atoms with van der Waals surface area (Å²) in [5.74, 6) is -0.701. The summed E-state index contributed by atoms with van der Waals surface area (Å²) in [4.78, 5) is 24.4. The SMILES string of the molecule is O=C(/C=C/c1ccc(O)cc1)O[C@H]1CCCC[C@@H]1OC(=O)/C=C/c1ccc(O)cc1. The van der Waals surface area contributed by atoms with E-state index in [4.69, 9.17) is 9.47 Å². The summed E-state index contributed by atoms with van der Waals surface area (Å²) < 4.78 is 11.0. The molecule has 0 radical (unpaired) electrons. The minimum absolute atomic E-state index is 0.154. The molecule has 0 amide bonds. The number of benzene rings is 2. The first kappa shape index (κ1) is 21.2. The molecule has 1 fully saturated rings. The Hall–Kier alpha value is -3.54. The smallest absolute Gasteiger partial charge is 0.331 e. The van der Waals surface area contributed by atoms with Crippen molar-refractivity contribution in [3.8, 4) is 11.5 Å². The van der Waals surface area contributed by atoms with Gasteiger partial charge in [-0.2, -0.15) is 0 Å². The second kappa shape index (κ2) is 10.3. The van der Waals surface area contributed by atoms with Gasteiger partial charge in [0.05, 0.1) is 0 Å². The molecule has 0 saturated heterocycles. The molecule has 1 aliphatic rings. The van der Waals surface area contributed by atoms with E-state index in [2.05, 4.69) is 0 Å². The van der Waals surface area contributed by atoms with Crippen LogP contribution in [0, 0.1) is 0 Å². The Morgan fingerprint density at radius 1 is 0.700 bits per heavy atom. The molecule has 0 heterocycles. The Kier molecular flexibility index (Phi) is 7.27. The van der Waals surface area contributed by atoms with Gasteiger partial charge in [0.1, 0.15) is 23.7 Å². The van der Waals surface area contributed by atoms with E-state index in [-0.39, 0.29) is 11.5 Å². The number of hydrogen-bond acceptors (Lipinski definition) is 6. The van der Waals surface area contributed by atoms with Gasteiger partial charge in [0.2, 0.25) is 0 Å². The van der Waals surface area contributed by atoms with E-state index >= 15 is 0 Å². The lowest BCUT2D eigenvalue weighted by molar-refractivity contribution is -0.165. The third-order valence-corrected chi connectivity index (χ3v) is 4.79. The molecule has 6 nitrogen and oxygen atoms in total. The molecule has 2 N–H and O–H groups in total. The van der Waals surface area contributed by atoms with E-state index in [9.17, 15) is 19.8 Å². The van der Waals surface area contributed by atoms with Gasteiger partial charge >= 0.3 is 11.9 Å². The summed E-state index contributed by atoms with van der Waals surface area (Å²) in [5.41, 5.74) is 1.52. The maximum atomic E-state index is 12.2. The summed E-state index contributed by atoms with van der Waals surface area (Å²) in [6.07, 6.45) is 7.96. The Labute approximate surface area is 175 Å². The fourth-order valence-electron chi connectivity index (χ4n) is 3.21. The minimum atomic E-state index is -0.504. The molecular formula is C24H24O6. The van der Waals surface area contributed by atoms with Crippen LogP contribution in [0.1, 0.15) is 36.8 Å². The minimum Gasteiger partial charge on any atom is -0.508 e. The van der Waals surface area contributed by atoms with Gasteiger partial charge in [-0.15, -0.1) is 0 Å². The Morgan fingerprint density at radius 2 is 1.07 bits per heavy atom. The van der Waals surface area contributed by atoms with Gasteiger partial charge in [0, 0.05) is 12.2 Å². The summed E-state index contributed by atoms with van der Waals surface area (Å²) >= 11 is 0. The third-order valence-electron chi connectivity index (χ3n) is 4.79. The molecule has 1 aliphatic carbocycles. The van der Waals surface area contributed by atoms with Crippen molar-refractivity contribution < 1.29 is 29.3 Å². The van der Waals surface area contributed by atoms with Crippen LogP contribution in [0.5, 0.6) is 11.5 Å². The Bertz CT molecular complexity index is 834. The van der Waals surface area contributed by atoms with Crippen molar-refractivity contribution in [3.05, 3.63) is 71.8 Å².